The van der Waals surface area contributed by atoms with E-state index in [0.29, 0.717) is 5.56 Å². The van der Waals surface area contributed by atoms with Crippen LogP contribution in [0.5, 0.6) is 5.75 Å². The highest BCUT2D eigenvalue weighted by molar-refractivity contribution is 7.92. The highest BCUT2D eigenvalue weighted by Gasteiger charge is 2.20. The second kappa shape index (κ2) is 5.16. The van der Waals surface area contributed by atoms with Crippen LogP contribution in [-0.2, 0) is 10.0 Å². The molecule has 1 aromatic carbocycles. The van der Waals surface area contributed by atoms with Gasteiger partial charge in [0.05, 0.1) is 12.0 Å². The van der Waals surface area contributed by atoms with Crippen LogP contribution in [-0.4, -0.2) is 23.1 Å². The van der Waals surface area contributed by atoms with Crippen LogP contribution in [0.15, 0.2) is 35.7 Å². The summed E-state index contributed by atoms with van der Waals surface area (Å²) in [7, 11) is -3.81. The molecule has 0 fully saturated rings. The van der Waals surface area contributed by atoms with Crippen LogP contribution in [0, 0.1) is 6.92 Å². The van der Waals surface area contributed by atoms with Crippen LogP contribution < -0.4 is 4.72 Å². The smallest absolute Gasteiger partial charge is 0.281 e. The summed E-state index contributed by atoms with van der Waals surface area (Å²) < 4.78 is 28.6. The predicted molar refractivity (Wildman–Crippen MR) is 76.3 cm³/mol. The van der Waals surface area contributed by atoms with Gasteiger partial charge in [-0.15, -0.1) is 0 Å². The standard InChI is InChI=1S/C13H17N3O3S/c1-9(2)16-7-12(14-8-16)20(18,19)15-13-10(3)5-4-6-11(13)17/h4-9,15,17H,1-3H3. The molecule has 20 heavy (non-hydrogen) atoms. The largest absolute Gasteiger partial charge is 0.506 e. The maximum absolute atomic E-state index is 12.2. The average molecular weight is 295 g/mol. The lowest BCUT2D eigenvalue weighted by Gasteiger charge is -2.10. The van der Waals surface area contributed by atoms with Crippen molar-refractivity contribution in [3.63, 3.8) is 0 Å². The maximum atomic E-state index is 12.2. The first-order chi connectivity index (χ1) is 9.31. The van der Waals surface area contributed by atoms with Crippen LogP contribution in [0.25, 0.3) is 0 Å². The van der Waals surface area contributed by atoms with Gasteiger partial charge in [-0.3, -0.25) is 4.72 Å². The Morgan fingerprint density at radius 1 is 1.35 bits per heavy atom. The number of para-hydroxylation sites is 1. The zero-order chi connectivity index (χ0) is 14.9. The quantitative estimate of drug-likeness (QED) is 0.847. The molecule has 7 heteroatoms. The van der Waals surface area contributed by atoms with Crippen molar-refractivity contribution in [3.05, 3.63) is 36.3 Å². The van der Waals surface area contributed by atoms with Crippen molar-refractivity contribution in [3.8, 4) is 5.75 Å². The number of imidazole rings is 1. The molecular weight excluding hydrogens is 278 g/mol. The molecule has 2 rings (SSSR count). The molecule has 0 atom stereocenters. The van der Waals surface area contributed by atoms with E-state index in [0.717, 1.165) is 0 Å². The fourth-order valence-electron chi connectivity index (χ4n) is 1.71. The highest BCUT2D eigenvalue weighted by Crippen LogP contribution is 2.28. The summed E-state index contributed by atoms with van der Waals surface area (Å²) in [6, 6.07) is 4.91. The maximum Gasteiger partial charge on any atom is 0.281 e. The summed E-state index contributed by atoms with van der Waals surface area (Å²) in [5.74, 6) is -0.114. The molecule has 1 aromatic heterocycles. The molecule has 0 aliphatic heterocycles. The van der Waals surface area contributed by atoms with E-state index in [1.165, 1.54) is 18.6 Å². The molecule has 0 amide bonds. The Balaban J connectivity index is 2.36. The van der Waals surface area contributed by atoms with Crippen LogP contribution in [0.4, 0.5) is 5.69 Å². The summed E-state index contributed by atoms with van der Waals surface area (Å²) in [6.07, 6.45) is 2.93. The first-order valence-corrected chi connectivity index (χ1v) is 7.64. The summed E-state index contributed by atoms with van der Waals surface area (Å²) >= 11 is 0. The van der Waals surface area contributed by atoms with Gasteiger partial charge < -0.3 is 9.67 Å². The summed E-state index contributed by atoms with van der Waals surface area (Å²) in [5, 5.41) is 9.67. The number of nitrogens with one attached hydrogen (secondary N) is 1. The van der Waals surface area contributed by atoms with Crippen molar-refractivity contribution in [2.45, 2.75) is 31.8 Å². The van der Waals surface area contributed by atoms with Crippen molar-refractivity contribution in [2.75, 3.05) is 4.72 Å². The highest BCUT2D eigenvalue weighted by atomic mass is 32.2. The van der Waals surface area contributed by atoms with E-state index >= 15 is 0 Å². The van der Waals surface area contributed by atoms with E-state index in [1.807, 2.05) is 13.8 Å². The number of hydrogen-bond donors (Lipinski definition) is 2. The van der Waals surface area contributed by atoms with Gasteiger partial charge in [0.25, 0.3) is 10.0 Å². The van der Waals surface area contributed by atoms with E-state index in [4.69, 9.17) is 0 Å². The van der Waals surface area contributed by atoms with Crippen molar-refractivity contribution >= 4 is 15.7 Å². The van der Waals surface area contributed by atoms with E-state index in [9.17, 15) is 13.5 Å². The number of benzene rings is 1. The second-order valence-corrected chi connectivity index (χ2v) is 6.46. The summed E-state index contributed by atoms with van der Waals surface area (Å²) in [6.45, 7) is 5.57. The van der Waals surface area contributed by atoms with Crippen LogP contribution in [0.1, 0.15) is 25.5 Å². The molecule has 2 N–H and O–H groups in total. The fraction of sp³-hybridized carbons (Fsp3) is 0.308. The Labute approximate surface area is 118 Å². The Bertz CT molecular complexity index is 700. The van der Waals surface area contributed by atoms with Gasteiger partial charge >= 0.3 is 0 Å². The number of phenolic OH excluding ortho intramolecular Hbond substituents is 1. The number of sulfonamides is 1. The minimum atomic E-state index is -3.81. The van der Waals surface area contributed by atoms with Crippen molar-refractivity contribution in [1.82, 2.24) is 9.55 Å². The molecule has 0 aliphatic rings. The molecule has 2 aromatic rings. The zero-order valence-corrected chi connectivity index (χ0v) is 12.3. The molecule has 0 radical (unpaired) electrons. The lowest BCUT2D eigenvalue weighted by Crippen LogP contribution is -2.14. The first-order valence-electron chi connectivity index (χ1n) is 6.16. The first kappa shape index (κ1) is 14.4. The molecular formula is C13H17N3O3S. The predicted octanol–water partition coefficient (Wildman–Crippen LogP) is 2.28. The molecule has 1 heterocycles. The van der Waals surface area contributed by atoms with Crippen LogP contribution in [0.3, 0.4) is 0 Å². The number of aryl methyl sites for hydroxylation is 1. The molecule has 0 spiro atoms. The lowest BCUT2D eigenvalue weighted by molar-refractivity contribution is 0.477. The Morgan fingerprint density at radius 2 is 2.05 bits per heavy atom. The van der Waals surface area contributed by atoms with Crippen LogP contribution in [0.2, 0.25) is 0 Å². The number of nitrogens with zero attached hydrogens (tertiary/aromatic N) is 2. The Morgan fingerprint density at radius 3 is 2.60 bits per heavy atom. The van der Waals surface area contributed by atoms with Crippen LogP contribution >= 0.6 is 0 Å². The molecule has 0 bridgehead atoms. The molecule has 0 saturated carbocycles. The SMILES string of the molecule is Cc1cccc(O)c1NS(=O)(=O)c1cn(C(C)C)cn1. The minimum absolute atomic E-state index is 0.0751. The number of aromatic nitrogens is 2. The van der Waals surface area contributed by atoms with Gasteiger partial charge in [-0.1, -0.05) is 12.1 Å². The van der Waals surface area contributed by atoms with E-state index in [2.05, 4.69) is 9.71 Å². The summed E-state index contributed by atoms with van der Waals surface area (Å²) in [5.41, 5.74) is 0.809. The number of rotatable bonds is 4. The van der Waals surface area contributed by atoms with E-state index < -0.39 is 10.0 Å². The van der Waals surface area contributed by atoms with Crippen molar-refractivity contribution in [1.29, 1.82) is 0 Å². The molecule has 6 nitrogen and oxygen atoms in total. The van der Waals surface area contributed by atoms with Gasteiger partial charge in [0.15, 0.2) is 5.03 Å². The third kappa shape index (κ3) is 2.77. The Hall–Kier alpha value is -2.02. The Kier molecular flexibility index (Phi) is 3.71. The zero-order valence-electron chi connectivity index (χ0n) is 11.5. The molecule has 108 valence electrons. The number of hydrogen-bond acceptors (Lipinski definition) is 4. The van der Waals surface area contributed by atoms with Gasteiger partial charge in [0.1, 0.15) is 5.75 Å². The van der Waals surface area contributed by atoms with E-state index in [1.54, 1.807) is 23.6 Å². The normalized spacial score (nSPS) is 11.8. The lowest BCUT2D eigenvalue weighted by atomic mass is 10.2. The monoisotopic (exact) mass is 295 g/mol. The molecule has 0 saturated heterocycles. The number of phenols is 1. The fourth-order valence-corrected chi connectivity index (χ4v) is 2.80. The second-order valence-electron chi connectivity index (χ2n) is 4.83. The average Bonchev–Trinajstić information content (AvgIpc) is 2.84. The third-order valence-corrected chi connectivity index (χ3v) is 4.17. The van der Waals surface area contributed by atoms with Gasteiger partial charge in [0.2, 0.25) is 0 Å². The van der Waals surface area contributed by atoms with Gasteiger partial charge in [-0.2, -0.15) is 8.42 Å². The van der Waals surface area contributed by atoms with Crippen molar-refractivity contribution in [2.24, 2.45) is 0 Å². The molecule has 0 unspecified atom stereocenters. The summed E-state index contributed by atoms with van der Waals surface area (Å²) in [4.78, 5) is 3.90. The van der Waals surface area contributed by atoms with Gasteiger partial charge in [-0.05, 0) is 32.4 Å². The third-order valence-electron chi connectivity index (χ3n) is 2.94. The number of aromatic hydroxyl groups is 1. The molecule has 0 aliphatic carbocycles. The van der Waals surface area contributed by atoms with Crippen molar-refractivity contribution < 1.29 is 13.5 Å². The topological polar surface area (TPSA) is 84.2 Å². The minimum Gasteiger partial charge on any atom is -0.506 e. The van der Waals surface area contributed by atoms with E-state index in [-0.39, 0.29) is 22.5 Å². The van der Waals surface area contributed by atoms with Gasteiger partial charge in [0, 0.05) is 12.2 Å². The number of anilines is 1. The van der Waals surface area contributed by atoms with Gasteiger partial charge in [-0.25, -0.2) is 4.98 Å².